The number of halogens is 3. The minimum atomic E-state index is -5.59. The molecule has 0 aliphatic rings. The Balaban J connectivity index is 0.00000256. The Kier molecular flexibility index (Phi) is 4.90. The van der Waals surface area contributed by atoms with Gasteiger partial charge in [0.2, 0.25) is 0 Å². The average molecular weight is 288 g/mol. The van der Waals surface area contributed by atoms with Gasteiger partial charge in [-0.15, -0.1) is 0 Å². The summed E-state index contributed by atoms with van der Waals surface area (Å²) in [5.74, 6) is -0.308. The van der Waals surface area contributed by atoms with Crippen LogP contribution in [0.5, 0.6) is 5.75 Å². The fraction of sp³-hybridized carbons (Fsp3) is 0.333. The zero-order valence-corrected chi connectivity index (χ0v) is 10.8. The van der Waals surface area contributed by atoms with Gasteiger partial charge in [0, 0.05) is 0 Å². The molecule has 0 aliphatic carbocycles. The summed E-state index contributed by atoms with van der Waals surface area (Å²) in [6.07, 6.45) is 0. The van der Waals surface area contributed by atoms with Crippen molar-refractivity contribution in [2.75, 3.05) is 0 Å². The van der Waals surface area contributed by atoms with Crippen LogP contribution < -0.4 is 4.18 Å². The van der Waals surface area contributed by atoms with Crippen LogP contribution in [0.25, 0.3) is 0 Å². The molecule has 0 unspecified atom stereocenters. The van der Waals surface area contributed by atoms with Crippen LogP contribution >= 0.6 is 13.5 Å². The highest BCUT2D eigenvalue weighted by Crippen LogP contribution is 2.29. The second-order valence-electron chi connectivity index (χ2n) is 3.18. The first-order chi connectivity index (χ1) is 7.15. The first kappa shape index (κ1) is 16.1. The SMILES string of the molecule is Cc1cccc(OS(=O)(=O)C(F)(F)F)c1C.S. The Hall–Kier alpha value is -0.890. The smallest absolute Gasteiger partial charge is 0.376 e. The van der Waals surface area contributed by atoms with Crippen molar-refractivity contribution in [3.63, 3.8) is 0 Å². The molecule has 0 aromatic heterocycles. The van der Waals surface area contributed by atoms with Crippen molar-refractivity contribution in [1.29, 1.82) is 0 Å². The van der Waals surface area contributed by atoms with Crippen LogP contribution in [0.15, 0.2) is 18.2 Å². The molecule has 0 fully saturated rings. The monoisotopic (exact) mass is 288 g/mol. The highest BCUT2D eigenvalue weighted by atomic mass is 32.2. The molecule has 0 radical (unpaired) electrons. The van der Waals surface area contributed by atoms with E-state index >= 15 is 0 Å². The van der Waals surface area contributed by atoms with Crippen molar-refractivity contribution in [1.82, 2.24) is 0 Å². The number of rotatable bonds is 2. The van der Waals surface area contributed by atoms with Crippen LogP contribution in [0.3, 0.4) is 0 Å². The van der Waals surface area contributed by atoms with Gasteiger partial charge in [-0.1, -0.05) is 12.1 Å². The van der Waals surface area contributed by atoms with E-state index in [9.17, 15) is 21.6 Å². The molecule has 0 N–H and O–H groups in total. The zero-order chi connectivity index (χ0) is 12.6. The number of alkyl halides is 3. The summed E-state index contributed by atoms with van der Waals surface area (Å²) in [6, 6.07) is 4.23. The van der Waals surface area contributed by atoms with Gasteiger partial charge < -0.3 is 4.18 Å². The van der Waals surface area contributed by atoms with Crippen molar-refractivity contribution < 1.29 is 25.8 Å². The fourth-order valence-electron chi connectivity index (χ4n) is 0.980. The number of benzene rings is 1. The Bertz CT molecular complexity index is 495. The molecule has 0 spiro atoms. The summed E-state index contributed by atoms with van der Waals surface area (Å²) in [5.41, 5.74) is -4.41. The third-order valence-electron chi connectivity index (χ3n) is 2.04. The summed E-state index contributed by atoms with van der Waals surface area (Å²) < 4.78 is 61.6. The van der Waals surface area contributed by atoms with Crippen LogP contribution in [-0.2, 0) is 10.1 Å². The van der Waals surface area contributed by atoms with Crippen molar-refractivity contribution in [2.24, 2.45) is 0 Å². The molecule has 3 nitrogen and oxygen atoms in total. The summed E-state index contributed by atoms with van der Waals surface area (Å²) in [5, 5.41) is 0. The normalized spacial score (nSPS) is 11.8. The molecular formula is C9H11F3O3S2. The van der Waals surface area contributed by atoms with E-state index in [4.69, 9.17) is 0 Å². The molecule has 17 heavy (non-hydrogen) atoms. The lowest BCUT2D eigenvalue weighted by atomic mass is 10.1. The van der Waals surface area contributed by atoms with E-state index in [2.05, 4.69) is 4.18 Å². The minimum Gasteiger partial charge on any atom is -0.376 e. The van der Waals surface area contributed by atoms with Gasteiger partial charge in [-0.2, -0.15) is 35.1 Å². The molecule has 1 rings (SSSR count). The first-order valence-corrected chi connectivity index (χ1v) is 5.63. The van der Waals surface area contributed by atoms with Crippen LogP contribution in [0, 0.1) is 13.8 Å². The van der Waals surface area contributed by atoms with E-state index < -0.39 is 15.6 Å². The van der Waals surface area contributed by atoms with Crippen molar-refractivity contribution in [3.05, 3.63) is 29.3 Å². The lowest BCUT2D eigenvalue weighted by Gasteiger charge is -2.12. The molecule has 1 aromatic carbocycles. The maximum Gasteiger partial charge on any atom is 0.534 e. The van der Waals surface area contributed by atoms with Gasteiger partial charge in [0.15, 0.2) is 0 Å². The van der Waals surface area contributed by atoms with Gasteiger partial charge >= 0.3 is 15.6 Å². The van der Waals surface area contributed by atoms with Gasteiger partial charge in [0.05, 0.1) is 0 Å². The van der Waals surface area contributed by atoms with Crippen molar-refractivity contribution in [2.45, 2.75) is 19.4 Å². The number of aryl methyl sites for hydroxylation is 1. The maximum atomic E-state index is 12.0. The predicted octanol–water partition coefficient (Wildman–Crippen LogP) is 2.64. The van der Waals surface area contributed by atoms with E-state index in [-0.39, 0.29) is 19.2 Å². The fourth-order valence-corrected chi connectivity index (χ4v) is 1.49. The molecule has 0 bridgehead atoms. The van der Waals surface area contributed by atoms with Crippen molar-refractivity contribution >= 4 is 23.6 Å². The molecule has 0 atom stereocenters. The average Bonchev–Trinajstić information content (AvgIpc) is 2.11. The second-order valence-corrected chi connectivity index (χ2v) is 4.72. The van der Waals surface area contributed by atoms with E-state index in [0.29, 0.717) is 11.1 Å². The van der Waals surface area contributed by atoms with Crippen LogP contribution in [0.4, 0.5) is 13.2 Å². The Labute approximate surface area is 104 Å². The summed E-state index contributed by atoms with van der Waals surface area (Å²) in [7, 11) is -5.59. The summed E-state index contributed by atoms with van der Waals surface area (Å²) in [4.78, 5) is 0. The predicted molar refractivity (Wildman–Crippen MR) is 61.9 cm³/mol. The molecule has 0 aliphatic heterocycles. The third-order valence-corrected chi connectivity index (χ3v) is 3.00. The number of hydrogen-bond acceptors (Lipinski definition) is 3. The van der Waals surface area contributed by atoms with E-state index in [1.807, 2.05) is 0 Å². The van der Waals surface area contributed by atoms with Crippen molar-refractivity contribution in [3.8, 4) is 5.75 Å². The third kappa shape index (κ3) is 3.53. The summed E-state index contributed by atoms with van der Waals surface area (Å²) >= 11 is 0. The standard InChI is InChI=1S/C9H9F3O3S.H2S/c1-6-4-3-5-8(7(6)2)15-16(13,14)9(10,11)12;/h3-5H,1-2H3;1H2. The zero-order valence-electron chi connectivity index (χ0n) is 9.00. The molecule has 1 aromatic rings. The maximum absolute atomic E-state index is 12.0. The van der Waals surface area contributed by atoms with Gasteiger partial charge in [-0.05, 0) is 31.0 Å². The van der Waals surface area contributed by atoms with Gasteiger partial charge in [0.1, 0.15) is 5.75 Å². The topological polar surface area (TPSA) is 43.4 Å². The Morgan fingerprint density at radius 3 is 2.18 bits per heavy atom. The van der Waals surface area contributed by atoms with E-state index in [0.717, 1.165) is 0 Å². The van der Waals surface area contributed by atoms with E-state index in [1.54, 1.807) is 13.0 Å². The Morgan fingerprint density at radius 2 is 1.71 bits per heavy atom. The number of hydrogen-bond donors (Lipinski definition) is 0. The van der Waals surface area contributed by atoms with Gasteiger partial charge in [0.25, 0.3) is 0 Å². The highest BCUT2D eigenvalue weighted by Gasteiger charge is 2.48. The second kappa shape index (κ2) is 5.18. The van der Waals surface area contributed by atoms with Gasteiger partial charge in [-0.25, -0.2) is 0 Å². The molecule has 0 saturated heterocycles. The van der Waals surface area contributed by atoms with Crippen LogP contribution in [0.1, 0.15) is 11.1 Å². The van der Waals surface area contributed by atoms with Crippen LogP contribution in [-0.4, -0.2) is 13.9 Å². The lowest BCUT2D eigenvalue weighted by Crippen LogP contribution is -2.28. The Morgan fingerprint density at radius 1 is 1.18 bits per heavy atom. The van der Waals surface area contributed by atoms with Crippen LogP contribution in [0.2, 0.25) is 0 Å². The van der Waals surface area contributed by atoms with E-state index in [1.165, 1.54) is 19.1 Å². The highest BCUT2D eigenvalue weighted by molar-refractivity contribution is 7.88. The first-order valence-electron chi connectivity index (χ1n) is 4.22. The quantitative estimate of drug-likeness (QED) is 0.620. The molecule has 8 heteroatoms. The summed E-state index contributed by atoms with van der Waals surface area (Å²) in [6.45, 7) is 3.12. The van der Waals surface area contributed by atoms with Gasteiger partial charge in [-0.3, -0.25) is 0 Å². The molecule has 0 saturated carbocycles. The molecular weight excluding hydrogens is 277 g/mol. The largest absolute Gasteiger partial charge is 0.534 e. The lowest BCUT2D eigenvalue weighted by molar-refractivity contribution is -0.0500. The molecule has 0 heterocycles. The minimum absolute atomic E-state index is 0. The molecule has 98 valence electrons. The molecule has 0 amide bonds.